The molecular weight excluding hydrogens is 417 g/mol. The van der Waals surface area contributed by atoms with Gasteiger partial charge in [-0.2, -0.15) is 0 Å². The van der Waals surface area contributed by atoms with E-state index in [0.717, 1.165) is 22.3 Å². The van der Waals surface area contributed by atoms with Crippen LogP contribution < -0.4 is 0 Å². The van der Waals surface area contributed by atoms with E-state index < -0.39 is 16.9 Å². The molecule has 2 heterocycles. The van der Waals surface area contributed by atoms with Crippen LogP contribution in [-0.4, -0.2) is 41.0 Å². The van der Waals surface area contributed by atoms with E-state index in [1.54, 1.807) is 17.0 Å². The Morgan fingerprint density at radius 2 is 1.81 bits per heavy atom. The van der Waals surface area contributed by atoms with Crippen molar-refractivity contribution in [3.63, 3.8) is 0 Å². The van der Waals surface area contributed by atoms with Crippen molar-refractivity contribution < 1.29 is 23.5 Å². The van der Waals surface area contributed by atoms with Crippen LogP contribution in [0.2, 0.25) is 0 Å². The van der Waals surface area contributed by atoms with Gasteiger partial charge in [-0.25, -0.2) is 9.18 Å². The first-order valence-corrected chi connectivity index (χ1v) is 11.2. The van der Waals surface area contributed by atoms with Gasteiger partial charge in [-0.3, -0.25) is 9.59 Å². The Labute approximate surface area is 185 Å². The Balaban J connectivity index is 1.50. The van der Waals surface area contributed by atoms with Crippen LogP contribution in [0.1, 0.15) is 45.5 Å². The average Bonchev–Trinajstić information content (AvgIpc) is 3.25. The summed E-state index contributed by atoms with van der Waals surface area (Å²) in [5, 5.41) is 0. The van der Waals surface area contributed by atoms with Crippen molar-refractivity contribution in [2.24, 2.45) is 0 Å². The number of halogens is 1. The summed E-state index contributed by atoms with van der Waals surface area (Å²) < 4.78 is 18.8. The van der Waals surface area contributed by atoms with Crippen LogP contribution in [0.4, 0.5) is 4.39 Å². The van der Waals surface area contributed by atoms with Gasteiger partial charge in [-0.05, 0) is 56.0 Å². The number of hydrogen-bond acceptors (Lipinski definition) is 5. The lowest BCUT2D eigenvalue weighted by molar-refractivity contribution is -0.152. The van der Waals surface area contributed by atoms with Crippen LogP contribution in [-0.2, 0) is 19.2 Å². The predicted molar refractivity (Wildman–Crippen MR) is 116 cm³/mol. The van der Waals surface area contributed by atoms with Gasteiger partial charge >= 0.3 is 5.97 Å². The lowest BCUT2D eigenvalue weighted by Crippen LogP contribution is -2.47. The summed E-state index contributed by atoms with van der Waals surface area (Å²) >= 11 is 1.49. The van der Waals surface area contributed by atoms with Gasteiger partial charge in [0.15, 0.2) is 6.61 Å². The minimum Gasteiger partial charge on any atom is -0.456 e. The number of thioether (sulfide) groups is 1. The number of hydrogen-bond donors (Lipinski definition) is 0. The molecular formula is C24H24FNO4S. The summed E-state index contributed by atoms with van der Waals surface area (Å²) in [6.45, 7) is 5.33. The van der Waals surface area contributed by atoms with Gasteiger partial charge in [-0.15, -0.1) is 11.8 Å². The fourth-order valence-electron chi connectivity index (χ4n) is 4.75. The van der Waals surface area contributed by atoms with Gasteiger partial charge in [-0.1, -0.05) is 29.8 Å². The average molecular weight is 442 g/mol. The number of fused-ring (bicyclic) bond motifs is 1. The fraction of sp³-hybridized carbons (Fsp3) is 0.375. The largest absolute Gasteiger partial charge is 0.456 e. The molecule has 2 atom stereocenters. The lowest BCUT2D eigenvalue weighted by atomic mass is 9.97. The monoisotopic (exact) mass is 441 g/mol. The van der Waals surface area contributed by atoms with Gasteiger partial charge < -0.3 is 9.64 Å². The molecule has 1 amide bonds. The zero-order valence-corrected chi connectivity index (χ0v) is 18.6. The zero-order chi connectivity index (χ0) is 22.3. The van der Waals surface area contributed by atoms with Crippen molar-refractivity contribution in [3.8, 4) is 0 Å². The van der Waals surface area contributed by atoms with E-state index in [2.05, 4.69) is 0 Å². The summed E-state index contributed by atoms with van der Waals surface area (Å²) in [6.07, 6.45) is 0.863. The number of Topliss-reactive ketones (excluding diaryl/α,β-unsaturated/α-hetero) is 1. The molecule has 2 fully saturated rings. The van der Waals surface area contributed by atoms with Crippen molar-refractivity contribution in [3.05, 3.63) is 70.0 Å². The highest BCUT2D eigenvalue weighted by Gasteiger charge is 2.57. The first-order chi connectivity index (χ1) is 14.7. The van der Waals surface area contributed by atoms with Crippen LogP contribution in [0.3, 0.4) is 0 Å². The Hall–Kier alpha value is -2.67. The van der Waals surface area contributed by atoms with Crippen LogP contribution in [0.25, 0.3) is 0 Å². The number of amides is 1. The summed E-state index contributed by atoms with van der Waals surface area (Å²) in [4.78, 5) is 39.1. The molecule has 0 saturated carbocycles. The minimum atomic E-state index is -0.766. The van der Waals surface area contributed by atoms with E-state index in [1.807, 2.05) is 32.9 Å². The topological polar surface area (TPSA) is 63.7 Å². The smallest absolute Gasteiger partial charge is 0.330 e. The molecule has 0 aromatic heterocycles. The van der Waals surface area contributed by atoms with Crippen molar-refractivity contribution >= 4 is 29.4 Å². The fourth-order valence-corrected chi connectivity index (χ4v) is 6.39. The quantitative estimate of drug-likeness (QED) is 0.517. The summed E-state index contributed by atoms with van der Waals surface area (Å²) in [7, 11) is 0. The van der Waals surface area contributed by atoms with E-state index in [0.29, 0.717) is 24.2 Å². The van der Waals surface area contributed by atoms with Crippen LogP contribution in [0.15, 0.2) is 36.4 Å². The highest BCUT2D eigenvalue weighted by atomic mass is 32.2. The highest BCUT2D eigenvalue weighted by Crippen LogP contribution is 2.54. The molecule has 0 aliphatic carbocycles. The molecule has 0 N–H and O–H groups in total. The van der Waals surface area contributed by atoms with Gasteiger partial charge in [0.2, 0.25) is 11.7 Å². The summed E-state index contributed by atoms with van der Waals surface area (Å²) in [5.74, 6) is -0.948. The molecule has 0 bridgehead atoms. The maximum Gasteiger partial charge on any atom is 0.330 e. The number of ether oxygens (including phenoxy) is 1. The molecule has 7 heteroatoms. The normalized spacial score (nSPS) is 22.5. The van der Waals surface area contributed by atoms with Gasteiger partial charge in [0.1, 0.15) is 16.7 Å². The molecule has 5 nitrogen and oxygen atoms in total. The second kappa shape index (κ2) is 8.11. The van der Waals surface area contributed by atoms with E-state index in [1.165, 1.54) is 23.9 Å². The molecule has 2 aromatic carbocycles. The van der Waals surface area contributed by atoms with Crippen molar-refractivity contribution in [1.29, 1.82) is 0 Å². The molecule has 4 rings (SSSR count). The minimum absolute atomic E-state index is 0.132. The van der Waals surface area contributed by atoms with Crippen molar-refractivity contribution in [1.82, 2.24) is 4.90 Å². The Bertz CT molecular complexity index is 1040. The van der Waals surface area contributed by atoms with Crippen LogP contribution >= 0.6 is 11.8 Å². The molecule has 2 saturated heterocycles. The molecule has 0 unspecified atom stereocenters. The maximum atomic E-state index is 13.4. The van der Waals surface area contributed by atoms with Crippen molar-refractivity contribution in [2.75, 3.05) is 12.4 Å². The molecule has 0 radical (unpaired) electrons. The van der Waals surface area contributed by atoms with Gasteiger partial charge in [0.25, 0.3) is 0 Å². The van der Waals surface area contributed by atoms with E-state index in [-0.39, 0.29) is 24.1 Å². The third kappa shape index (κ3) is 3.76. The molecule has 2 aliphatic heterocycles. The third-order valence-electron chi connectivity index (χ3n) is 6.00. The molecule has 2 aliphatic rings. The third-order valence-corrected chi connectivity index (χ3v) is 7.59. The van der Waals surface area contributed by atoms with Crippen LogP contribution in [0, 0.1) is 26.6 Å². The lowest BCUT2D eigenvalue weighted by Gasteiger charge is -2.33. The molecule has 31 heavy (non-hydrogen) atoms. The molecule has 0 spiro atoms. The van der Waals surface area contributed by atoms with E-state index >= 15 is 0 Å². The number of nitrogens with zero attached hydrogens (tertiary/aromatic N) is 1. The van der Waals surface area contributed by atoms with Crippen molar-refractivity contribution in [2.45, 2.75) is 44.5 Å². The number of rotatable bonds is 5. The number of esters is 1. The van der Waals surface area contributed by atoms with Crippen LogP contribution in [0.5, 0.6) is 0 Å². The second-order valence-corrected chi connectivity index (χ2v) is 9.48. The standard InChI is InChI=1S/C24H24FNO4S/c1-14-10-15(2)22(16(3)11-14)20(27)12-30-23(29)19-13-31-24(9-8-21(28)26(19)24)17-4-6-18(25)7-5-17/h4-7,10-11,19H,8-9,12-13H2,1-3H3/t19-,24+/m1/s1. The van der Waals surface area contributed by atoms with Gasteiger partial charge in [0.05, 0.1) is 0 Å². The number of benzene rings is 2. The predicted octanol–water partition coefficient (Wildman–Crippen LogP) is 4.07. The number of carbonyl (C=O) groups excluding carboxylic acids is 3. The summed E-state index contributed by atoms with van der Waals surface area (Å²) in [5.41, 5.74) is 4.12. The Morgan fingerprint density at radius 1 is 1.16 bits per heavy atom. The Kier molecular flexibility index (Phi) is 5.64. The Morgan fingerprint density at radius 3 is 2.45 bits per heavy atom. The molecule has 2 aromatic rings. The zero-order valence-electron chi connectivity index (χ0n) is 17.7. The molecule has 162 valence electrons. The second-order valence-electron chi connectivity index (χ2n) is 8.19. The number of aryl methyl sites for hydroxylation is 3. The first kappa shape index (κ1) is 21.6. The maximum absolute atomic E-state index is 13.4. The number of ketones is 1. The van der Waals surface area contributed by atoms with Gasteiger partial charge in [0, 0.05) is 17.7 Å². The SMILES string of the molecule is Cc1cc(C)c(C(=O)COC(=O)[C@H]2CS[C@]3(c4ccc(F)cc4)CCC(=O)N23)c(C)c1. The van der Waals surface area contributed by atoms with E-state index in [4.69, 9.17) is 4.74 Å². The van der Waals surface area contributed by atoms with E-state index in [9.17, 15) is 18.8 Å². The highest BCUT2D eigenvalue weighted by molar-refractivity contribution is 8.00. The summed E-state index contributed by atoms with van der Waals surface area (Å²) in [6, 6.07) is 9.13. The first-order valence-electron chi connectivity index (χ1n) is 10.2. The number of carbonyl (C=O) groups is 3.